The summed E-state index contributed by atoms with van der Waals surface area (Å²) < 4.78 is 16.4. The number of rotatable bonds is 3. The maximum Gasteiger partial charge on any atom is 0.123 e. The van der Waals surface area contributed by atoms with E-state index >= 15 is 0 Å². The van der Waals surface area contributed by atoms with Crippen LogP contribution in [0.1, 0.15) is 16.5 Å². The zero-order valence-electron chi connectivity index (χ0n) is 7.93. The van der Waals surface area contributed by atoms with Gasteiger partial charge in [0.1, 0.15) is 5.82 Å². The molecule has 78 valence electrons. The van der Waals surface area contributed by atoms with Crippen molar-refractivity contribution in [2.75, 3.05) is 0 Å². The van der Waals surface area contributed by atoms with Crippen molar-refractivity contribution in [3.63, 3.8) is 0 Å². The van der Waals surface area contributed by atoms with Crippen molar-refractivity contribution < 1.29 is 4.39 Å². The van der Waals surface area contributed by atoms with Crippen LogP contribution in [0.5, 0.6) is 0 Å². The van der Waals surface area contributed by atoms with Gasteiger partial charge in [0.2, 0.25) is 0 Å². The molecule has 1 aromatic heterocycles. The van der Waals surface area contributed by atoms with Crippen LogP contribution in [0.3, 0.4) is 0 Å². The smallest absolute Gasteiger partial charge is 0.123 e. The van der Waals surface area contributed by atoms with Crippen LogP contribution < -0.4 is 5.73 Å². The van der Waals surface area contributed by atoms with E-state index in [0.717, 1.165) is 10.4 Å². The van der Waals surface area contributed by atoms with Crippen molar-refractivity contribution in [3.05, 3.63) is 46.7 Å². The van der Waals surface area contributed by atoms with E-state index in [0.29, 0.717) is 6.42 Å². The van der Waals surface area contributed by atoms with Gasteiger partial charge in [0.15, 0.2) is 0 Å². The SMILES string of the molecule is NC(Cc1ccc(F)cc1)c1cnns1. The van der Waals surface area contributed by atoms with Gasteiger partial charge in [0, 0.05) is 6.04 Å². The van der Waals surface area contributed by atoms with E-state index in [2.05, 4.69) is 9.59 Å². The summed E-state index contributed by atoms with van der Waals surface area (Å²) in [4.78, 5) is 0.944. The third kappa shape index (κ3) is 2.57. The Morgan fingerprint density at radius 1 is 1.33 bits per heavy atom. The molecular formula is C10H10FN3S. The molecule has 0 spiro atoms. The van der Waals surface area contributed by atoms with E-state index in [1.807, 2.05) is 0 Å². The lowest BCUT2D eigenvalue weighted by Crippen LogP contribution is -2.11. The Hall–Kier alpha value is -1.33. The number of benzene rings is 1. The van der Waals surface area contributed by atoms with E-state index in [1.54, 1.807) is 18.3 Å². The molecular weight excluding hydrogens is 213 g/mol. The summed E-state index contributed by atoms with van der Waals surface area (Å²) in [6.07, 6.45) is 2.34. The average Bonchev–Trinajstić information content (AvgIpc) is 2.74. The van der Waals surface area contributed by atoms with Gasteiger partial charge < -0.3 is 5.73 Å². The highest BCUT2D eigenvalue weighted by Crippen LogP contribution is 2.17. The Balaban J connectivity index is 2.06. The van der Waals surface area contributed by atoms with Crippen LogP contribution in [-0.4, -0.2) is 9.59 Å². The first-order valence-electron chi connectivity index (χ1n) is 4.53. The lowest BCUT2D eigenvalue weighted by Gasteiger charge is -2.07. The van der Waals surface area contributed by atoms with E-state index < -0.39 is 0 Å². The molecule has 1 aromatic carbocycles. The topological polar surface area (TPSA) is 51.8 Å². The van der Waals surface area contributed by atoms with E-state index in [9.17, 15) is 4.39 Å². The Labute approximate surface area is 90.9 Å². The van der Waals surface area contributed by atoms with Gasteiger partial charge in [-0.2, -0.15) is 0 Å². The van der Waals surface area contributed by atoms with Crippen LogP contribution >= 0.6 is 11.5 Å². The summed E-state index contributed by atoms with van der Waals surface area (Å²) in [5.41, 5.74) is 6.96. The van der Waals surface area contributed by atoms with Gasteiger partial charge in [-0.05, 0) is 35.6 Å². The number of aromatic nitrogens is 2. The molecule has 0 fully saturated rings. The van der Waals surface area contributed by atoms with E-state index in [1.165, 1.54) is 23.7 Å². The predicted molar refractivity (Wildman–Crippen MR) is 56.9 cm³/mol. The van der Waals surface area contributed by atoms with Gasteiger partial charge in [0.25, 0.3) is 0 Å². The summed E-state index contributed by atoms with van der Waals surface area (Å²) in [5, 5.41) is 3.73. The standard InChI is InChI=1S/C10H10FN3S/c11-8-3-1-7(2-4-8)5-9(12)10-6-13-14-15-10/h1-4,6,9H,5,12H2. The Morgan fingerprint density at radius 3 is 2.67 bits per heavy atom. The number of nitrogens with two attached hydrogens (primary N) is 1. The van der Waals surface area contributed by atoms with Crippen molar-refractivity contribution in [1.82, 2.24) is 9.59 Å². The maximum atomic E-state index is 12.6. The van der Waals surface area contributed by atoms with Crippen molar-refractivity contribution in [2.24, 2.45) is 5.73 Å². The second-order valence-electron chi connectivity index (χ2n) is 3.26. The first-order chi connectivity index (χ1) is 7.25. The number of hydrogen-bond donors (Lipinski definition) is 1. The summed E-state index contributed by atoms with van der Waals surface area (Å²) >= 11 is 1.29. The van der Waals surface area contributed by atoms with Crippen LogP contribution in [0, 0.1) is 5.82 Å². The fourth-order valence-corrected chi connectivity index (χ4v) is 1.81. The summed E-state index contributed by atoms with van der Waals surface area (Å²) in [7, 11) is 0. The van der Waals surface area contributed by atoms with Gasteiger partial charge in [-0.15, -0.1) is 5.10 Å². The highest BCUT2D eigenvalue weighted by Gasteiger charge is 2.09. The fourth-order valence-electron chi connectivity index (χ4n) is 1.31. The molecule has 5 heteroatoms. The molecule has 0 amide bonds. The zero-order valence-corrected chi connectivity index (χ0v) is 8.75. The first kappa shape index (κ1) is 10.2. The third-order valence-corrected chi connectivity index (χ3v) is 2.91. The van der Waals surface area contributed by atoms with Gasteiger partial charge >= 0.3 is 0 Å². The largest absolute Gasteiger partial charge is 0.323 e. The Morgan fingerprint density at radius 2 is 2.07 bits per heavy atom. The molecule has 0 aliphatic rings. The third-order valence-electron chi connectivity index (χ3n) is 2.11. The van der Waals surface area contributed by atoms with Crippen LogP contribution in [0.15, 0.2) is 30.5 Å². The first-order valence-corrected chi connectivity index (χ1v) is 5.30. The molecule has 0 radical (unpaired) electrons. The molecule has 2 rings (SSSR count). The number of halogens is 1. The molecule has 0 saturated heterocycles. The van der Waals surface area contributed by atoms with Gasteiger partial charge in [-0.25, -0.2) is 4.39 Å². The average molecular weight is 223 g/mol. The van der Waals surface area contributed by atoms with Crippen LogP contribution in [0.4, 0.5) is 4.39 Å². The molecule has 1 unspecified atom stereocenters. The van der Waals surface area contributed by atoms with Gasteiger partial charge in [-0.1, -0.05) is 16.6 Å². The zero-order chi connectivity index (χ0) is 10.7. The minimum atomic E-state index is -0.230. The molecule has 2 aromatic rings. The molecule has 1 heterocycles. The highest BCUT2D eigenvalue weighted by molar-refractivity contribution is 7.05. The predicted octanol–water partition coefficient (Wildman–Crippen LogP) is 1.92. The molecule has 0 saturated carbocycles. The van der Waals surface area contributed by atoms with Crippen molar-refractivity contribution in [2.45, 2.75) is 12.5 Å². The highest BCUT2D eigenvalue weighted by atomic mass is 32.1. The minimum Gasteiger partial charge on any atom is -0.323 e. The fraction of sp³-hybridized carbons (Fsp3) is 0.200. The molecule has 0 aliphatic carbocycles. The molecule has 2 N–H and O–H groups in total. The maximum absolute atomic E-state index is 12.6. The normalized spacial score (nSPS) is 12.7. The lowest BCUT2D eigenvalue weighted by atomic mass is 10.1. The van der Waals surface area contributed by atoms with Crippen molar-refractivity contribution >= 4 is 11.5 Å². The van der Waals surface area contributed by atoms with Crippen LogP contribution in [0.25, 0.3) is 0 Å². The lowest BCUT2D eigenvalue weighted by molar-refractivity contribution is 0.626. The molecule has 0 bridgehead atoms. The van der Waals surface area contributed by atoms with Crippen LogP contribution in [-0.2, 0) is 6.42 Å². The van der Waals surface area contributed by atoms with Crippen molar-refractivity contribution in [1.29, 1.82) is 0 Å². The Kier molecular flexibility index (Phi) is 3.03. The molecule has 1 atom stereocenters. The minimum absolute atomic E-state index is 0.115. The number of hydrogen-bond acceptors (Lipinski definition) is 4. The quantitative estimate of drug-likeness (QED) is 0.864. The van der Waals surface area contributed by atoms with Crippen LogP contribution in [0.2, 0.25) is 0 Å². The van der Waals surface area contributed by atoms with Gasteiger partial charge in [0.05, 0.1) is 11.1 Å². The Bertz CT molecular complexity index is 413. The second-order valence-corrected chi connectivity index (χ2v) is 4.07. The molecule has 3 nitrogen and oxygen atoms in total. The monoisotopic (exact) mass is 223 g/mol. The van der Waals surface area contributed by atoms with E-state index in [-0.39, 0.29) is 11.9 Å². The summed E-state index contributed by atoms with van der Waals surface area (Å²) in [6, 6.07) is 6.24. The van der Waals surface area contributed by atoms with Gasteiger partial charge in [-0.3, -0.25) is 0 Å². The molecule has 15 heavy (non-hydrogen) atoms. The summed E-state index contributed by atoms with van der Waals surface area (Å²) in [5.74, 6) is -0.230. The van der Waals surface area contributed by atoms with Crippen molar-refractivity contribution in [3.8, 4) is 0 Å². The second kappa shape index (κ2) is 4.46. The number of nitrogens with zero attached hydrogens (tertiary/aromatic N) is 2. The van der Waals surface area contributed by atoms with E-state index in [4.69, 9.17) is 5.73 Å². The summed E-state index contributed by atoms with van der Waals surface area (Å²) in [6.45, 7) is 0. The molecule has 0 aliphatic heterocycles.